The molecule has 0 radical (unpaired) electrons. The normalized spacial score (nSPS) is 15.6. The maximum atomic E-state index is 12.7. The Morgan fingerprint density at radius 1 is 1.12 bits per heavy atom. The lowest BCUT2D eigenvalue weighted by atomic mass is 10.2. The van der Waals surface area contributed by atoms with Crippen LogP contribution in [0, 0.1) is 11.3 Å². The van der Waals surface area contributed by atoms with Crippen LogP contribution in [0.15, 0.2) is 52.0 Å². The Morgan fingerprint density at radius 2 is 1.81 bits per heavy atom. The van der Waals surface area contributed by atoms with Crippen LogP contribution in [0.25, 0.3) is 0 Å². The number of rotatable bonds is 5. The second-order valence-corrected chi connectivity index (χ2v) is 7.94. The van der Waals surface area contributed by atoms with E-state index < -0.39 is 10.0 Å². The Bertz CT molecular complexity index is 891. The molecule has 2 heterocycles. The molecular weight excluding hydrogens is 354 g/mol. The van der Waals surface area contributed by atoms with E-state index in [-0.39, 0.29) is 23.9 Å². The number of nitrogens with zero attached hydrogens (tertiary/aromatic N) is 3. The van der Waals surface area contributed by atoms with Crippen molar-refractivity contribution in [3.63, 3.8) is 0 Å². The fourth-order valence-corrected chi connectivity index (χ4v) is 4.29. The topological polar surface area (TPSA) is 94.6 Å². The third-order valence-electron chi connectivity index (χ3n) is 4.38. The molecule has 3 rings (SSSR count). The van der Waals surface area contributed by atoms with E-state index in [9.17, 15) is 13.2 Å². The highest BCUT2D eigenvalue weighted by Crippen LogP contribution is 2.18. The molecule has 0 spiro atoms. The molecule has 2 aromatic rings. The van der Waals surface area contributed by atoms with E-state index in [4.69, 9.17) is 9.68 Å². The molecule has 0 atom stereocenters. The van der Waals surface area contributed by atoms with Crippen molar-refractivity contribution in [2.75, 3.05) is 26.2 Å². The third kappa shape index (κ3) is 3.95. The van der Waals surface area contributed by atoms with E-state index in [2.05, 4.69) is 0 Å². The molecule has 1 aliphatic heterocycles. The Morgan fingerprint density at radius 3 is 2.38 bits per heavy atom. The second kappa shape index (κ2) is 7.72. The van der Waals surface area contributed by atoms with Crippen molar-refractivity contribution < 1.29 is 17.6 Å². The standard InChI is InChI=1S/C18H19N3O4S/c19-14-15-3-6-17(7-4-15)26(23,24)21-11-9-20(10-12-21)18(22)8-5-16-2-1-13-25-16/h1-4,6-7,13H,5,8-12H2. The number of amides is 1. The van der Waals surface area contributed by atoms with Crippen LogP contribution in [-0.4, -0.2) is 49.7 Å². The number of benzene rings is 1. The van der Waals surface area contributed by atoms with Crippen LogP contribution in [-0.2, 0) is 21.2 Å². The zero-order chi connectivity index (χ0) is 18.6. The number of carbonyl (C=O) groups excluding carboxylic acids is 1. The van der Waals surface area contributed by atoms with E-state index >= 15 is 0 Å². The zero-order valence-corrected chi connectivity index (χ0v) is 15.0. The fraction of sp³-hybridized carbons (Fsp3) is 0.333. The van der Waals surface area contributed by atoms with Gasteiger partial charge < -0.3 is 9.32 Å². The summed E-state index contributed by atoms with van der Waals surface area (Å²) in [6.07, 6.45) is 2.46. The fourth-order valence-electron chi connectivity index (χ4n) is 2.87. The van der Waals surface area contributed by atoms with Gasteiger partial charge in [-0.05, 0) is 36.4 Å². The van der Waals surface area contributed by atoms with Crippen LogP contribution in [0.5, 0.6) is 0 Å². The summed E-state index contributed by atoms with van der Waals surface area (Å²) in [5.41, 5.74) is 0.413. The number of hydrogen-bond acceptors (Lipinski definition) is 5. The maximum absolute atomic E-state index is 12.7. The minimum Gasteiger partial charge on any atom is -0.469 e. The van der Waals surface area contributed by atoms with Crippen LogP contribution in [0.4, 0.5) is 0 Å². The first-order valence-corrected chi connectivity index (χ1v) is 9.75. The Hall–Kier alpha value is -2.63. The smallest absolute Gasteiger partial charge is 0.243 e. The lowest BCUT2D eigenvalue weighted by Crippen LogP contribution is -2.50. The summed E-state index contributed by atoms with van der Waals surface area (Å²) in [4.78, 5) is 14.1. The maximum Gasteiger partial charge on any atom is 0.243 e. The Kier molecular flexibility index (Phi) is 5.40. The molecule has 1 aromatic carbocycles. The minimum atomic E-state index is -3.61. The second-order valence-electron chi connectivity index (χ2n) is 6.00. The molecule has 1 saturated heterocycles. The molecule has 1 aliphatic rings. The van der Waals surface area contributed by atoms with Crippen molar-refractivity contribution in [2.45, 2.75) is 17.7 Å². The van der Waals surface area contributed by atoms with E-state index in [0.717, 1.165) is 5.76 Å². The first kappa shape index (κ1) is 18.2. The number of carbonyl (C=O) groups is 1. The number of piperazine rings is 1. The predicted molar refractivity (Wildman–Crippen MR) is 93.5 cm³/mol. The summed E-state index contributed by atoms with van der Waals surface area (Å²) in [5.74, 6) is 0.761. The summed E-state index contributed by atoms with van der Waals surface area (Å²) in [7, 11) is -3.61. The molecule has 136 valence electrons. The monoisotopic (exact) mass is 373 g/mol. The van der Waals surface area contributed by atoms with Gasteiger partial charge in [-0.2, -0.15) is 9.57 Å². The van der Waals surface area contributed by atoms with Gasteiger partial charge in [0.2, 0.25) is 15.9 Å². The first-order chi connectivity index (χ1) is 12.5. The van der Waals surface area contributed by atoms with Crippen LogP contribution >= 0.6 is 0 Å². The number of nitriles is 1. The number of furan rings is 1. The zero-order valence-electron chi connectivity index (χ0n) is 14.2. The molecule has 1 aromatic heterocycles. The van der Waals surface area contributed by atoms with Gasteiger partial charge in [0.1, 0.15) is 5.76 Å². The van der Waals surface area contributed by atoms with Gasteiger partial charge in [0, 0.05) is 39.0 Å². The molecule has 8 heteroatoms. The highest BCUT2D eigenvalue weighted by Gasteiger charge is 2.29. The Labute approximate surface area is 152 Å². The van der Waals surface area contributed by atoms with Gasteiger partial charge in [0.25, 0.3) is 0 Å². The van der Waals surface area contributed by atoms with Crippen LogP contribution in [0.2, 0.25) is 0 Å². The number of sulfonamides is 1. The summed E-state index contributed by atoms with van der Waals surface area (Å²) >= 11 is 0. The average molecular weight is 373 g/mol. The van der Waals surface area contributed by atoms with Gasteiger partial charge in [-0.3, -0.25) is 4.79 Å². The van der Waals surface area contributed by atoms with Gasteiger partial charge in [-0.1, -0.05) is 0 Å². The van der Waals surface area contributed by atoms with Crippen LogP contribution in [0.3, 0.4) is 0 Å². The summed E-state index contributed by atoms with van der Waals surface area (Å²) in [6, 6.07) is 11.4. The van der Waals surface area contributed by atoms with E-state index in [1.54, 1.807) is 17.2 Å². The third-order valence-corrected chi connectivity index (χ3v) is 6.29. The quantitative estimate of drug-likeness (QED) is 0.794. The van der Waals surface area contributed by atoms with Gasteiger partial charge in [0.15, 0.2) is 0 Å². The van der Waals surface area contributed by atoms with E-state index in [0.29, 0.717) is 31.5 Å². The summed E-state index contributed by atoms with van der Waals surface area (Å²) in [6.45, 7) is 1.25. The van der Waals surface area contributed by atoms with Crippen molar-refractivity contribution in [1.29, 1.82) is 5.26 Å². The van der Waals surface area contributed by atoms with Gasteiger partial charge >= 0.3 is 0 Å². The van der Waals surface area contributed by atoms with E-state index in [1.807, 2.05) is 12.1 Å². The Balaban J connectivity index is 1.56. The predicted octanol–water partition coefficient (Wildman–Crippen LogP) is 1.62. The SMILES string of the molecule is N#Cc1ccc(S(=O)(=O)N2CCN(C(=O)CCc3ccco3)CC2)cc1. The number of aryl methyl sites for hydroxylation is 1. The van der Waals surface area contributed by atoms with Crippen molar-refractivity contribution in [1.82, 2.24) is 9.21 Å². The van der Waals surface area contributed by atoms with Crippen molar-refractivity contribution in [3.8, 4) is 6.07 Å². The molecule has 0 N–H and O–H groups in total. The van der Waals surface area contributed by atoms with Crippen LogP contribution in [0.1, 0.15) is 17.7 Å². The van der Waals surface area contributed by atoms with Crippen molar-refractivity contribution in [2.24, 2.45) is 0 Å². The van der Waals surface area contributed by atoms with Gasteiger partial charge in [-0.15, -0.1) is 0 Å². The first-order valence-electron chi connectivity index (χ1n) is 8.31. The molecule has 0 saturated carbocycles. The van der Waals surface area contributed by atoms with Crippen LogP contribution < -0.4 is 0 Å². The van der Waals surface area contributed by atoms with Crippen molar-refractivity contribution >= 4 is 15.9 Å². The number of hydrogen-bond donors (Lipinski definition) is 0. The molecule has 7 nitrogen and oxygen atoms in total. The van der Waals surface area contributed by atoms with E-state index in [1.165, 1.54) is 28.6 Å². The highest BCUT2D eigenvalue weighted by molar-refractivity contribution is 7.89. The lowest BCUT2D eigenvalue weighted by Gasteiger charge is -2.34. The molecule has 0 bridgehead atoms. The molecular formula is C18H19N3O4S. The summed E-state index contributed by atoms with van der Waals surface area (Å²) in [5, 5.41) is 8.81. The van der Waals surface area contributed by atoms with Gasteiger partial charge in [-0.25, -0.2) is 8.42 Å². The summed E-state index contributed by atoms with van der Waals surface area (Å²) < 4.78 is 31.9. The molecule has 0 aliphatic carbocycles. The van der Waals surface area contributed by atoms with Crippen molar-refractivity contribution in [3.05, 3.63) is 54.0 Å². The minimum absolute atomic E-state index is 0.00294. The molecule has 26 heavy (non-hydrogen) atoms. The highest BCUT2D eigenvalue weighted by atomic mass is 32.2. The lowest BCUT2D eigenvalue weighted by molar-refractivity contribution is -0.132. The largest absolute Gasteiger partial charge is 0.469 e. The van der Waals surface area contributed by atoms with Gasteiger partial charge in [0.05, 0.1) is 22.8 Å². The average Bonchev–Trinajstić information content (AvgIpc) is 3.20. The molecule has 0 unspecified atom stereocenters. The molecule has 1 amide bonds. The molecule has 1 fully saturated rings.